The zero-order valence-electron chi connectivity index (χ0n) is 23.1. The number of amides is 2. The van der Waals surface area contributed by atoms with E-state index in [1.807, 2.05) is 0 Å². The Morgan fingerprint density at radius 3 is 2.51 bits per heavy atom. The van der Waals surface area contributed by atoms with Crippen LogP contribution < -0.4 is 10.1 Å². The van der Waals surface area contributed by atoms with Crippen LogP contribution in [0.2, 0.25) is 0 Å². The molecular weight excluding hydrogens is 592 g/mol. The number of hydrogen-bond donors (Lipinski definition) is 1. The largest absolute Gasteiger partial charge is 0.438 e. The Morgan fingerprint density at radius 1 is 1.05 bits per heavy atom. The number of ketones is 1. The van der Waals surface area contributed by atoms with Gasteiger partial charge in [-0.2, -0.15) is 8.78 Å². The minimum atomic E-state index is -4.12. The maximum absolute atomic E-state index is 13.1. The van der Waals surface area contributed by atoms with Crippen molar-refractivity contribution in [1.29, 1.82) is 0 Å². The van der Waals surface area contributed by atoms with Gasteiger partial charge in [0.05, 0.1) is 37.2 Å². The van der Waals surface area contributed by atoms with E-state index in [1.54, 1.807) is 24.3 Å². The van der Waals surface area contributed by atoms with E-state index in [9.17, 15) is 31.6 Å². The molecule has 0 spiro atoms. The summed E-state index contributed by atoms with van der Waals surface area (Å²) in [5, 5.41) is 2.39. The van der Waals surface area contributed by atoms with Crippen molar-refractivity contribution in [3.05, 3.63) is 60.0 Å². The van der Waals surface area contributed by atoms with Gasteiger partial charge in [-0.15, -0.1) is 0 Å². The standard InChI is InChI=1S/C28H31F2N3O9S/c29-28(30)42-23-7-3-1-5-19(23)17-43(37,38)18-20(13-26(35)33-9-11-39-12-10-33)27(36)31-14-21(34)15-40-16-25-32-22-6-2-4-8-24(22)41-25/h1-8,20,28H,9-18H2,(H,31,36). The van der Waals surface area contributed by atoms with Gasteiger partial charge in [-0.3, -0.25) is 14.4 Å². The molecule has 1 N–H and O–H groups in total. The third kappa shape index (κ3) is 9.80. The molecule has 1 aromatic heterocycles. The van der Waals surface area contributed by atoms with Crippen LogP contribution in [0.1, 0.15) is 17.9 Å². The Hall–Kier alpha value is -3.95. The Bertz CT molecular complexity index is 1490. The van der Waals surface area contributed by atoms with Crippen LogP contribution in [0, 0.1) is 5.92 Å². The SMILES string of the molecule is O=C(CNC(=O)C(CC(=O)N1CCOCC1)CS(=O)(=O)Cc1ccccc1OC(F)F)COCc1nc2ccccc2o1. The first-order valence-corrected chi connectivity index (χ1v) is 15.2. The maximum Gasteiger partial charge on any atom is 0.387 e. The van der Waals surface area contributed by atoms with Gasteiger partial charge in [0.15, 0.2) is 21.2 Å². The molecule has 2 amide bonds. The summed E-state index contributed by atoms with van der Waals surface area (Å²) >= 11 is 0. The molecule has 2 heterocycles. The Labute approximate surface area is 246 Å². The van der Waals surface area contributed by atoms with Gasteiger partial charge < -0.3 is 28.8 Å². The van der Waals surface area contributed by atoms with Crippen LogP contribution >= 0.6 is 0 Å². The van der Waals surface area contributed by atoms with Crippen LogP contribution in [-0.4, -0.2) is 87.7 Å². The first-order chi connectivity index (χ1) is 20.6. The fourth-order valence-electron chi connectivity index (χ4n) is 4.43. The van der Waals surface area contributed by atoms with Crippen LogP contribution in [0.4, 0.5) is 8.78 Å². The molecule has 1 atom stereocenters. The second-order valence-corrected chi connectivity index (χ2v) is 11.9. The predicted octanol–water partition coefficient (Wildman–Crippen LogP) is 2.11. The van der Waals surface area contributed by atoms with E-state index < -0.39 is 64.4 Å². The number of hydrogen-bond acceptors (Lipinski definition) is 10. The molecule has 0 radical (unpaired) electrons. The van der Waals surface area contributed by atoms with E-state index in [0.29, 0.717) is 24.3 Å². The van der Waals surface area contributed by atoms with E-state index in [4.69, 9.17) is 13.9 Å². The average molecular weight is 624 g/mol. The number of alkyl halides is 2. The first-order valence-electron chi connectivity index (χ1n) is 13.4. The van der Waals surface area contributed by atoms with Gasteiger partial charge in [0.2, 0.25) is 17.7 Å². The minimum Gasteiger partial charge on any atom is -0.438 e. The lowest BCUT2D eigenvalue weighted by Crippen LogP contribution is -2.45. The molecular formula is C28H31F2N3O9S. The quantitative estimate of drug-likeness (QED) is 0.266. The van der Waals surface area contributed by atoms with E-state index in [-0.39, 0.29) is 43.5 Å². The number of morpholine rings is 1. The number of nitrogens with one attached hydrogen (secondary N) is 1. The summed E-state index contributed by atoms with van der Waals surface area (Å²) in [6.07, 6.45) is -0.442. The zero-order valence-corrected chi connectivity index (χ0v) is 23.9. The average Bonchev–Trinajstić information content (AvgIpc) is 3.39. The van der Waals surface area contributed by atoms with E-state index in [2.05, 4.69) is 15.0 Å². The first kappa shape index (κ1) is 32.0. The number of aromatic nitrogens is 1. The van der Waals surface area contributed by atoms with Crippen molar-refractivity contribution in [2.45, 2.75) is 25.4 Å². The highest BCUT2D eigenvalue weighted by atomic mass is 32.2. The number of sulfone groups is 1. The molecule has 1 aliphatic heterocycles. The van der Waals surface area contributed by atoms with Crippen molar-refractivity contribution < 1.29 is 50.2 Å². The monoisotopic (exact) mass is 623 g/mol. The molecule has 232 valence electrons. The zero-order chi connectivity index (χ0) is 30.8. The van der Waals surface area contributed by atoms with Crippen molar-refractivity contribution >= 4 is 38.5 Å². The highest BCUT2D eigenvalue weighted by molar-refractivity contribution is 7.90. The van der Waals surface area contributed by atoms with Crippen molar-refractivity contribution in [2.24, 2.45) is 5.92 Å². The van der Waals surface area contributed by atoms with E-state index >= 15 is 0 Å². The molecule has 0 saturated carbocycles. The normalized spacial score (nSPS) is 14.5. The number of nitrogens with zero attached hydrogens (tertiary/aromatic N) is 2. The fraction of sp³-hybridized carbons (Fsp3) is 0.429. The van der Waals surface area contributed by atoms with Crippen LogP contribution in [0.15, 0.2) is 52.9 Å². The van der Waals surface area contributed by atoms with Crippen LogP contribution in [0.25, 0.3) is 11.1 Å². The minimum absolute atomic E-state index is 0.0206. The summed E-state index contributed by atoms with van der Waals surface area (Å²) in [6, 6.07) is 12.5. The summed E-state index contributed by atoms with van der Waals surface area (Å²) in [5.74, 6) is -4.64. The number of benzene rings is 2. The highest BCUT2D eigenvalue weighted by Gasteiger charge is 2.31. The number of carbonyl (C=O) groups is 3. The van der Waals surface area contributed by atoms with Crippen molar-refractivity contribution in [3.63, 3.8) is 0 Å². The van der Waals surface area contributed by atoms with Crippen LogP contribution in [0.3, 0.4) is 0 Å². The number of rotatable bonds is 15. The third-order valence-electron chi connectivity index (χ3n) is 6.46. The number of halogens is 2. The van der Waals surface area contributed by atoms with Gasteiger partial charge >= 0.3 is 6.61 Å². The summed E-state index contributed by atoms with van der Waals surface area (Å²) in [6.45, 7) is -2.91. The lowest BCUT2D eigenvalue weighted by atomic mass is 10.1. The number of carbonyl (C=O) groups excluding carboxylic acids is 3. The van der Waals surface area contributed by atoms with Gasteiger partial charge in [0.25, 0.3) is 0 Å². The molecule has 1 unspecified atom stereocenters. The number of fused-ring (bicyclic) bond motifs is 1. The Morgan fingerprint density at radius 2 is 1.77 bits per heavy atom. The fourth-order valence-corrected chi connectivity index (χ4v) is 6.14. The van der Waals surface area contributed by atoms with E-state index in [1.165, 1.54) is 29.2 Å². The molecule has 15 heteroatoms. The molecule has 0 bridgehead atoms. The summed E-state index contributed by atoms with van der Waals surface area (Å²) in [5.41, 5.74) is 1.18. The molecule has 1 fully saturated rings. The number of oxazole rings is 1. The molecule has 12 nitrogen and oxygen atoms in total. The van der Waals surface area contributed by atoms with Gasteiger partial charge in [0, 0.05) is 25.1 Å². The van der Waals surface area contributed by atoms with Gasteiger partial charge in [0.1, 0.15) is 24.5 Å². The summed E-state index contributed by atoms with van der Waals surface area (Å²) in [7, 11) is -4.12. The number of ether oxygens (including phenoxy) is 3. The third-order valence-corrected chi connectivity index (χ3v) is 8.12. The Kier molecular flexibility index (Phi) is 11.1. The van der Waals surface area contributed by atoms with Gasteiger partial charge in [-0.05, 0) is 18.2 Å². The number of para-hydroxylation sites is 3. The summed E-state index contributed by atoms with van der Waals surface area (Å²) < 4.78 is 72.4. The lowest BCUT2D eigenvalue weighted by molar-refractivity contribution is -0.139. The van der Waals surface area contributed by atoms with Crippen molar-refractivity contribution in [2.75, 3.05) is 45.2 Å². The maximum atomic E-state index is 13.1. The molecule has 4 rings (SSSR count). The van der Waals surface area contributed by atoms with E-state index in [0.717, 1.165) is 0 Å². The Balaban J connectivity index is 1.36. The molecule has 0 aliphatic carbocycles. The molecule has 3 aromatic rings. The summed E-state index contributed by atoms with van der Waals surface area (Å²) in [4.78, 5) is 44.1. The second kappa shape index (κ2) is 15.0. The smallest absolute Gasteiger partial charge is 0.387 e. The van der Waals surface area contributed by atoms with Crippen LogP contribution in [-0.2, 0) is 46.1 Å². The van der Waals surface area contributed by atoms with Crippen molar-refractivity contribution in [3.8, 4) is 5.75 Å². The topological polar surface area (TPSA) is 154 Å². The molecule has 1 saturated heterocycles. The van der Waals surface area contributed by atoms with Gasteiger partial charge in [-0.25, -0.2) is 13.4 Å². The highest BCUT2D eigenvalue weighted by Crippen LogP contribution is 2.24. The molecule has 1 aliphatic rings. The van der Waals surface area contributed by atoms with Gasteiger partial charge in [-0.1, -0.05) is 30.3 Å². The molecule has 43 heavy (non-hydrogen) atoms. The van der Waals surface area contributed by atoms with Crippen molar-refractivity contribution in [1.82, 2.24) is 15.2 Å². The molecule has 2 aromatic carbocycles. The second-order valence-electron chi connectivity index (χ2n) is 9.76. The van der Waals surface area contributed by atoms with Crippen LogP contribution in [0.5, 0.6) is 5.75 Å². The lowest BCUT2D eigenvalue weighted by Gasteiger charge is -2.28. The predicted molar refractivity (Wildman–Crippen MR) is 148 cm³/mol. The number of Topliss-reactive ketones (excluding diaryl/α,β-unsaturated/α-hetero) is 1.